The number of carbonyl (C=O) groups is 1. The van der Waals surface area contributed by atoms with Crippen LogP contribution in [0.15, 0.2) is 52.2 Å². The predicted octanol–water partition coefficient (Wildman–Crippen LogP) is 0.353. The van der Waals surface area contributed by atoms with Crippen LogP contribution in [0, 0.1) is 0 Å². The highest BCUT2D eigenvalue weighted by molar-refractivity contribution is 6.30. The molecule has 0 aliphatic carbocycles. The Bertz CT molecular complexity index is 1080. The minimum absolute atomic E-state index is 0.000444. The van der Waals surface area contributed by atoms with Crippen molar-refractivity contribution in [3.63, 3.8) is 0 Å². The summed E-state index contributed by atoms with van der Waals surface area (Å²) in [6.45, 7) is 0. The number of hydrogen-bond acceptors (Lipinski definition) is 8. The number of rotatable bonds is 6. The van der Waals surface area contributed by atoms with E-state index >= 15 is 0 Å². The molecule has 1 aromatic heterocycles. The van der Waals surface area contributed by atoms with E-state index in [0.29, 0.717) is 21.9 Å². The quantitative estimate of drug-likeness (QED) is 0.171. The highest BCUT2D eigenvalue weighted by Crippen LogP contribution is 2.28. The molecule has 0 saturated carbocycles. The Morgan fingerprint density at radius 1 is 1.21 bits per heavy atom. The zero-order valence-electron chi connectivity index (χ0n) is 15.1. The molecule has 0 radical (unpaired) electrons. The van der Waals surface area contributed by atoms with E-state index in [0.717, 1.165) is 0 Å². The first-order valence-corrected chi connectivity index (χ1v) is 8.52. The molecule has 0 aliphatic heterocycles. The summed E-state index contributed by atoms with van der Waals surface area (Å²) in [4.78, 5) is 12.3. The van der Waals surface area contributed by atoms with Crippen LogP contribution >= 0.6 is 11.6 Å². The number of nitrogens with one attached hydrogen (secondary N) is 1. The fraction of sp³-hybridized carbons (Fsp3) is 0.0556. The van der Waals surface area contributed by atoms with Gasteiger partial charge in [0, 0.05) is 15.7 Å². The lowest BCUT2D eigenvalue weighted by molar-refractivity contribution is -0.456. The minimum atomic E-state index is -0.536. The molecule has 0 spiro atoms. The zero-order chi connectivity index (χ0) is 20.8. The van der Waals surface area contributed by atoms with Crippen LogP contribution in [0.4, 0.5) is 5.82 Å². The zero-order valence-corrected chi connectivity index (χ0v) is 15.9. The molecular formula is C18H16ClN6O4+. The van der Waals surface area contributed by atoms with Gasteiger partial charge in [0.05, 0.1) is 12.7 Å². The van der Waals surface area contributed by atoms with E-state index in [9.17, 15) is 4.79 Å². The molecule has 1 heterocycles. The van der Waals surface area contributed by atoms with Crippen molar-refractivity contribution < 1.29 is 24.0 Å². The monoisotopic (exact) mass is 415 g/mol. The van der Waals surface area contributed by atoms with E-state index in [1.54, 1.807) is 48.7 Å². The summed E-state index contributed by atoms with van der Waals surface area (Å²) < 4.78 is 15.1. The van der Waals surface area contributed by atoms with Gasteiger partial charge in [0.25, 0.3) is 0 Å². The van der Waals surface area contributed by atoms with Gasteiger partial charge in [-0.2, -0.15) is 0 Å². The van der Waals surface area contributed by atoms with Crippen LogP contribution in [0.25, 0.3) is 0 Å². The van der Waals surface area contributed by atoms with Crippen LogP contribution in [0.2, 0.25) is 5.02 Å². The van der Waals surface area contributed by atoms with E-state index in [1.165, 1.54) is 7.11 Å². The van der Waals surface area contributed by atoms with Crippen molar-refractivity contribution in [3.05, 3.63) is 64.3 Å². The van der Waals surface area contributed by atoms with Gasteiger partial charge in [-0.05, 0) is 52.8 Å². The van der Waals surface area contributed by atoms with Crippen LogP contribution in [0.3, 0.4) is 0 Å². The third-order valence-corrected chi connectivity index (χ3v) is 3.89. The van der Waals surface area contributed by atoms with Crippen molar-refractivity contribution >= 4 is 35.4 Å². The smallest absolute Gasteiger partial charge is 0.343 e. The van der Waals surface area contributed by atoms with Crippen molar-refractivity contribution in [1.29, 1.82) is 0 Å². The lowest BCUT2D eigenvalue weighted by Crippen LogP contribution is -2.63. The summed E-state index contributed by atoms with van der Waals surface area (Å²) in [5.41, 5.74) is 12.4. The van der Waals surface area contributed by atoms with Crippen molar-refractivity contribution in [3.8, 4) is 11.5 Å². The predicted molar refractivity (Wildman–Crippen MR) is 105 cm³/mol. The molecule has 0 saturated heterocycles. The van der Waals surface area contributed by atoms with Crippen LogP contribution in [-0.2, 0) is 0 Å². The molecule has 148 valence electrons. The number of nitrogen functional groups attached to an aromatic ring is 1. The number of nitrogens with zero attached hydrogens (tertiary/aromatic N) is 3. The van der Waals surface area contributed by atoms with Gasteiger partial charge < -0.3 is 20.9 Å². The first-order valence-electron chi connectivity index (χ1n) is 8.14. The Morgan fingerprint density at radius 3 is 2.62 bits per heavy atom. The molecule has 29 heavy (non-hydrogen) atoms. The summed E-state index contributed by atoms with van der Waals surface area (Å²) in [5, 5.41) is 14.0. The standard InChI is InChI=1S/C18H15ClN6O4/c1-27-14-8-10(9-22-23-16(20)15-17(21)25-29-24-15)2-7-13(14)28-18(26)11-3-5-12(19)6-4-11/h2-9H,1H3,(H2,20,23)(H2,21,25)/p+1/b22-9+. The summed E-state index contributed by atoms with van der Waals surface area (Å²) >= 11 is 5.82. The van der Waals surface area contributed by atoms with Gasteiger partial charge in [-0.25, -0.2) is 9.42 Å². The van der Waals surface area contributed by atoms with Crippen LogP contribution in [0.1, 0.15) is 21.6 Å². The van der Waals surface area contributed by atoms with E-state index < -0.39 is 5.97 Å². The summed E-state index contributed by atoms with van der Waals surface area (Å²) in [5.74, 6) is 0.104. The number of amidine groups is 1. The molecule has 0 unspecified atom stereocenters. The Balaban J connectivity index is 1.74. The number of nitrogens with two attached hydrogens (primary N) is 2. The molecule has 10 nitrogen and oxygen atoms in total. The van der Waals surface area contributed by atoms with Crippen molar-refractivity contribution in [2.24, 2.45) is 10.8 Å². The normalized spacial score (nSPS) is 11.6. The second-order valence-electron chi connectivity index (χ2n) is 5.58. The van der Waals surface area contributed by atoms with E-state index in [-0.39, 0.29) is 23.1 Å². The number of anilines is 1. The SMILES string of the molecule is COc1cc(/C=[NH+]/N=C(N)c2nonc2N)ccc1OC(=O)c1ccc(Cl)cc1. The Morgan fingerprint density at radius 2 is 1.97 bits per heavy atom. The molecule has 0 atom stereocenters. The molecular weight excluding hydrogens is 400 g/mol. The van der Waals surface area contributed by atoms with Gasteiger partial charge in [0.15, 0.2) is 23.0 Å². The molecule has 0 amide bonds. The van der Waals surface area contributed by atoms with Crippen LogP contribution in [-0.4, -0.2) is 35.4 Å². The second kappa shape index (κ2) is 8.85. The summed E-state index contributed by atoms with van der Waals surface area (Å²) in [7, 11) is 1.46. The highest BCUT2D eigenvalue weighted by atomic mass is 35.5. The molecule has 3 rings (SSSR count). The minimum Gasteiger partial charge on any atom is -0.493 e. The molecule has 3 aromatic rings. The van der Waals surface area contributed by atoms with Crippen LogP contribution < -0.4 is 26.0 Å². The van der Waals surface area contributed by atoms with E-state index in [4.69, 9.17) is 32.5 Å². The van der Waals surface area contributed by atoms with E-state index in [2.05, 4.69) is 25.1 Å². The van der Waals surface area contributed by atoms with Crippen molar-refractivity contribution in [1.82, 2.24) is 10.3 Å². The molecule has 0 bridgehead atoms. The number of esters is 1. The first-order chi connectivity index (χ1) is 14.0. The maximum absolute atomic E-state index is 12.3. The average Bonchev–Trinajstić information content (AvgIpc) is 3.15. The van der Waals surface area contributed by atoms with Crippen LogP contribution in [0.5, 0.6) is 11.5 Å². The third kappa shape index (κ3) is 4.87. The Labute approximate surface area is 169 Å². The lowest BCUT2D eigenvalue weighted by Gasteiger charge is -2.09. The van der Waals surface area contributed by atoms with Gasteiger partial charge in [-0.3, -0.25) is 0 Å². The Kier molecular flexibility index (Phi) is 6.05. The number of methoxy groups -OCH3 is 1. The maximum Gasteiger partial charge on any atom is 0.343 e. The molecule has 11 heteroatoms. The topological polar surface area (TPSA) is 153 Å². The third-order valence-electron chi connectivity index (χ3n) is 3.64. The van der Waals surface area contributed by atoms with Crippen molar-refractivity contribution in [2.45, 2.75) is 0 Å². The molecule has 2 aromatic carbocycles. The van der Waals surface area contributed by atoms with Gasteiger partial charge in [-0.15, -0.1) is 5.10 Å². The van der Waals surface area contributed by atoms with Gasteiger partial charge in [0.1, 0.15) is 0 Å². The molecule has 5 N–H and O–H groups in total. The number of halogens is 1. The summed E-state index contributed by atoms with van der Waals surface area (Å²) in [6, 6.07) is 11.3. The maximum atomic E-state index is 12.3. The fourth-order valence-corrected chi connectivity index (χ4v) is 2.33. The van der Waals surface area contributed by atoms with Gasteiger partial charge in [0.2, 0.25) is 12.1 Å². The number of carbonyl (C=O) groups excluding carboxylic acids is 1. The largest absolute Gasteiger partial charge is 0.493 e. The van der Waals surface area contributed by atoms with E-state index in [1.807, 2.05) is 0 Å². The van der Waals surface area contributed by atoms with Gasteiger partial charge >= 0.3 is 5.97 Å². The Hall–Kier alpha value is -3.92. The number of ether oxygens (including phenoxy) is 2. The number of hydrogen-bond donors (Lipinski definition) is 3. The second-order valence-corrected chi connectivity index (χ2v) is 6.01. The lowest BCUT2D eigenvalue weighted by atomic mass is 10.2. The van der Waals surface area contributed by atoms with Crippen molar-refractivity contribution in [2.75, 3.05) is 12.8 Å². The van der Waals surface area contributed by atoms with Gasteiger partial charge in [-0.1, -0.05) is 11.6 Å². The average molecular weight is 416 g/mol. The molecule has 0 fully saturated rings. The first kappa shape index (κ1) is 19.8. The number of hydrazone groups is 1. The summed E-state index contributed by atoms with van der Waals surface area (Å²) in [6.07, 6.45) is 1.55. The fourth-order valence-electron chi connectivity index (χ4n) is 2.21. The number of aromatic nitrogens is 2. The molecule has 0 aliphatic rings. The number of benzene rings is 2. The highest BCUT2D eigenvalue weighted by Gasteiger charge is 2.14.